The third-order valence-corrected chi connectivity index (χ3v) is 7.36. The molecule has 0 radical (unpaired) electrons. The van der Waals surface area contributed by atoms with Gasteiger partial charge in [0.25, 0.3) is 5.91 Å². The van der Waals surface area contributed by atoms with Crippen LogP contribution in [0.15, 0.2) is 36.5 Å². The minimum Gasteiger partial charge on any atom is -0.478 e. The predicted molar refractivity (Wildman–Crippen MR) is 137 cm³/mol. The third-order valence-electron chi connectivity index (χ3n) is 7.36. The lowest BCUT2D eigenvalue weighted by molar-refractivity contribution is -0.126. The van der Waals surface area contributed by atoms with Gasteiger partial charge in [-0.2, -0.15) is 0 Å². The summed E-state index contributed by atoms with van der Waals surface area (Å²) < 4.78 is 21.3. The lowest BCUT2D eigenvalue weighted by Crippen LogP contribution is -2.48. The van der Waals surface area contributed by atoms with Gasteiger partial charge < -0.3 is 15.0 Å². The first-order valence-electron chi connectivity index (χ1n) is 12.9. The van der Waals surface area contributed by atoms with Crippen molar-refractivity contribution < 1.29 is 13.9 Å². The summed E-state index contributed by atoms with van der Waals surface area (Å²) in [5, 5.41) is 3.40. The molecule has 6 rings (SSSR count). The van der Waals surface area contributed by atoms with Crippen LogP contribution in [0.1, 0.15) is 67.6 Å². The second-order valence-electron chi connectivity index (χ2n) is 10.4. The maximum Gasteiger partial charge on any atom is 0.268 e. The molecule has 1 fully saturated rings. The fraction of sp³-hybridized carbons (Fsp3) is 0.414. The number of ether oxygens (including phenoxy) is 1. The summed E-state index contributed by atoms with van der Waals surface area (Å²) in [5.74, 6) is 1.14. The molecule has 2 aromatic carbocycles. The van der Waals surface area contributed by atoms with Crippen LogP contribution in [-0.4, -0.2) is 34.6 Å². The summed E-state index contributed by atoms with van der Waals surface area (Å²) in [4.78, 5) is 23.8. The number of aromatic nitrogens is 2. The van der Waals surface area contributed by atoms with Crippen molar-refractivity contribution in [2.75, 3.05) is 11.4 Å². The van der Waals surface area contributed by atoms with Gasteiger partial charge in [0.1, 0.15) is 17.3 Å². The molecule has 1 N–H and O–H groups in total. The van der Waals surface area contributed by atoms with E-state index < -0.39 is 11.9 Å². The van der Waals surface area contributed by atoms with Crippen LogP contribution < -0.4 is 15.0 Å². The van der Waals surface area contributed by atoms with Crippen molar-refractivity contribution in [2.45, 2.75) is 71.1 Å². The number of rotatable bonds is 5. The molecule has 1 unspecified atom stereocenters. The maximum absolute atomic E-state index is 15.2. The first kappa shape index (κ1) is 23.1. The lowest BCUT2D eigenvalue weighted by Gasteiger charge is -2.37. The molecule has 3 heterocycles. The number of hydrogen-bond donors (Lipinski definition) is 1. The molecule has 7 heteroatoms. The van der Waals surface area contributed by atoms with E-state index in [2.05, 4.69) is 33.5 Å². The molecule has 0 bridgehead atoms. The van der Waals surface area contributed by atoms with E-state index in [1.807, 2.05) is 26.0 Å². The Kier molecular flexibility index (Phi) is 5.75. The Hall–Kier alpha value is -3.32. The average Bonchev–Trinajstić information content (AvgIpc) is 3.71. The number of nitrogens with zero attached hydrogens (tertiary/aromatic N) is 3. The number of nitrogens with one attached hydrogen (secondary N) is 1. The van der Waals surface area contributed by atoms with E-state index >= 15 is 4.39 Å². The van der Waals surface area contributed by atoms with E-state index in [9.17, 15) is 4.79 Å². The third kappa shape index (κ3) is 4.15. The van der Waals surface area contributed by atoms with Gasteiger partial charge in [-0.3, -0.25) is 4.79 Å². The fourth-order valence-corrected chi connectivity index (χ4v) is 5.37. The van der Waals surface area contributed by atoms with Crippen molar-refractivity contribution in [2.24, 2.45) is 0 Å². The summed E-state index contributed by atoms with van der Waals surface area (Å²) in [6.07, 6.45) is 4.39. The number of anilines is 1. The molecule has 1 atom stereocenters. The quantitative estimate of drug-likeness (QED) is 0.555. The van der Waals surface area contributed by atoms with Crippen molar-refractivity contribution >= 4 is 11.6 Å². The van der Waals surface area contributed by atoms with Crippen molar-refractivity contribution in [3.8, 4) is 17.0 Å². The van der Waals surface area contributed by atoms with E-state index in [0.29, 0.717) is 29.4 Å². The van der Waals surface area contributed by atoms with Gasteiger partial charge in [-0.05, 0) is 81.3 Å². The molecule has 0 spiro atoms. The van der Waals surface area contributed by atoms with Gasteiger partial charge in [0.2, 0.25) is 0 Å². The van der Waals surface area contributed by atoms with Gasteiger partial charge >= 0.3 is 0 Å². The SMILES string of the molecule is CC1Oc2c(C3CC3)cc(-c3nc(Cc4ccc5c(c4)CCNC5)ncc3F)cc2N(C(C)C)C1=O. The highest BCUT2D eigenvalue weighted by Gasteiger charge is 2.38. The molecule has 6 nitrogen and oxygen atoms in total. The molecule has 1 aromatic heterocycles. The second-order valence-corrected chi connectivity index (χ2v) is 10.4. The van der Waals surface area contributed by atoms with Crippen LogP contribution in [-0.2, 0) is 24.2 Å². The molecule has 186 valence electrons. The molecule has 1 aliphatic carbocycles. The normalized spacial score (nSPS) is 19.2. The van der Waals surface area contributed by atoms with Crippen LogP contribution >= 0.6 is 0 Å². The topological polar surface area (TPSA) is 67.3 Å². The molecule has 36 heavy (non-hydrogen) atoms. The first-order chi connectivity index (χ1) is 17.4. The molecular weight excluding hydrogens is 455 g/mol. The largest absolute Gasteiger partial charge is 0.478 e. The number of carbonyl (C=O) groups is 1. The van der Waals surface area contributed by atoms with Crippen LogP contribution in [0.5, 0.6) is 5.75 Å². The number of fused-ring (bicyclic) bond motifs is 2. The standard InChI is InChI=1S/C29H31FN4O2/c1-16(2)34-25-13-22(12-23(19-6-7-19)28(25)36-17(3)29(34)35)27-24(30)15-32-26(33-27)11-18-4-5-21-14-31-9-8-20(21)10-18/h4-5,10,12-13,15-17,19,31H,6-9,11,14H2,1-3H3. The Bertz CT molecular complexity index is 1350. The molecule has 0 saturated heterocycles. The first-order valence-corrected chi connectivity index (χ1v) is 12.9. The maximum atomic E-state index is 15.2. The molecule has 2 aliphatic heterocycles. The zero-order chi connectivity index (χ0) is 25.0. The number of benzene rings is 2. The van der Waals surface area contributed by atoms with Crippen LogP contribution in [0.4, 0.5) is 10.1 Å². The van der Waals surface area contributed by atoms with Crippen molar-refractivity contribution in [3.05, 3.63) is 70.4 Å². The van der Waals surface area contributed by atoms with Crippen LogP contribution in [0.2, 0.25) is 0 Å². The van der Waals surface area contributed by atoms with E-state index in [4.69, 9.17) is 4.74 Å². The zero-order valence-electron chi connectivity index (χ0n) is 21.0. The highest BCUT2D eigenvalue weighted by molar-refractivity contribution is 6.01. The van der Waals surface area contributed by atoms with Gasteiger partial charge in [0, 0.05) is 30.1 Å². The van der Waals surface area contributed by atoms with Gasteiger partial charge in [-0.1, -0.05) is 18.2 Å². The molecule has 3 aliphatic rings. The van der Waals surface area contributed by atoms with Gasteiger partial charge in [-0.15, -0.1) is 0 Å². The minimum absolute atomic E-state index is 0.0464. The number of amides is 1. The van der Waals surface area contributed by atoms with Crippen LogP contribution in [0.3, 0.4) is 0 Å². The van der Waals surface area contributed by atoms with E-state index in [-0.39, 0.29) is 17.6 Å². The Morgan fingerprint density at radius 2 is 2.03 bits per heavy atom. The van der Waals surface area contributed by atoms with Gasteiger partial charge in [0.15, 0.2) is 11.9 Å². The molecule has 3 aromatic rings. The highest BCUT2D eigenvalue weighted by Crippen LogP contribution is 2.51. The summed E-state index contributed by atoms with van der Waals surface area (Å²) in [6.45, 7) is 7.64. The lowest BCUT2D eigenvalue weighted by atomic mass is 9.97. The summed E-state index contributed by atoms with van der Waals surface area (Å²) in [7, 11) is 0. The van der Waals surface area contributed by atoms with Gasteiger partial charge in [0.05, 0.1) is 11.9 Å². The summed E-state index contributed by atoms with van der Waals surface area (Å²) in [5.41, 5.74) is 6.46. The van der Waals surface area contributed by atoms with Crippen molar-refractivity contribution in [1.82, 2.24) is 15.3 Å². The average molecular weight is 487 g/mol. The zero-order valence-corrected chi connectivity index (χ0v) is 21.0. The predicted octanol–water partition coefficient (Wildman–Crippen LogP) is 4.92. The monoisotopic (exact) mass is 486 g/mol. The number of carbonyl (C=O) groups excluding carboxylic acids is 1. The van der Waals surface area contributed by atoms with E-state index in [1.54, 1.807) is 11.8 Å². The fourth-order valence-electron chi connectivity index (χ4n) is 5.37. The summed E-state index contributed by atoms with van der Waals surface area (Å²) in [6, 6.07) is 10.3. The second kappa shape index (κ2) is 8.96. The Morgan fingerprint density at radius 1 is 1.19 bits per heavy atom. The smallest absolute Gasteiger partial charge is 0.268 e. The Labute approximate surface area is 210 Å². The molecule has 1 saturated carbocycles. The van der Waals surface area contributed by atoms with Gasteiger partial charge in [-0.25, -0.2) is 14.4 Å². The Morgan fingerprint density at radius 3 is 2.81 bits per heavy atom. The van der Waals surface area contributed by atoms with Crippen molar-refractivity contribution in [1.29, 1.82) is 0 Å². The number of hydrogen-bond acceptors (Lipinski definition) is 5. The van der Waals surface area contributed by atoms with Crippen LogP contribution in [0.25, 0.3) is 11.3 Å². The highest BCUT2D eigenvalue weighted by atomic mass is 19.1. The van der Waals surface area contributed by atoms with E-state index in [0.717, 1.165) is 49.2 Å². The minimum atomic E-state index is -0.543. The van der Waals surface area contributed by atoms with E-state index in [1.165, 1.54) is 17.3 Å². The number of halogens is 1. The van der Waals surface area contributed by atoms with Crippen LogP contribution in [0, 0.1) is 5.82 Å². The molecular formula is C29H31FN4O2. The van der Waals surface area contributed by atoms with Crippen molar-refractivity contribution in [3.63, 3.8) is 0 Å². The summed E-state index contributed by atoms with van der Waals surface area (Å²) >= 11 is 0. The molecule has 1 amide bonds. The Balaban J connectivity index is 1.40.